The smallest absolute Gasteiger partial charge is 0.317 e. The fourth-order valence-corrected chi connectivity index (χ4v) is 4.85. The third kappa shape index (κ3) is 5.03. The molecule has 7 nitrogen and oxygen atoms in total. The van der Waals surface area contributed by atoms with Gasteiger partial charge in [0, 0.05) is 15.1 Å². The lowest BCUT2D eigenvalue weighted by molar-refractivity contribution is -0.137. The van der Waals surface area contributed by atoms with Crippen LogP contribution in [0.5, 0.6) is 0 Å². The van der Waals surface area contributed by atoms with E-state index in [0.717, 1.165) is 9.37 Å². The van der Waals surface area contributed by atoms with Gasteiger partial charge >= 0.3 is 17.1 Å². The molecule has 1 aliphatic heterocycles. The first-order chi connectivity index (χ1) is 12.8. The fraction of sp³-hybridized carbons (Fsp3) is 0.500. The van der Waals surface area contributed by atoms with Crippen molar-refractivity contribution in [1.82, 2.24) is 14.5 Å². The van der Waals surface area contributed by atoms with Gasteiger partial charge in [0.05, 0.1) is 23.5 Å². The molecule has 1 aromatic carbocycles. The summed E-state index contributed by atoms with van der Waals surface area (Å²) < 4.78 is 2.12. The van der Waals surface area contributed by atoms with E-state index in [1.165, 1.54) is 36.0 Å². The number of thioether (sulfide) groups is 1. The van der Waals surface area contributed by atoms with E-state index in [2.05, 4.69) is 46.6 Å². The second kappa shape index (κ2) is 9.57. The van der Waals surface area contributed by atoms with Gasteiger partial charge in [0.25, 0.3) is 0 Å². The number of hydrogen-bond acceptors (Lipinski definition) is 5. The van der Waals surface area contributed by atoms with Gasteiger partial charge in [-0.05, 0) is 31.8 Å². The summed E-state index contributed by atoms with van der Waals surface area (Å²) in [4.78, 5) is 40.5. The Kier molecular flexibility index (Phi) is 7.69. The molecule has 1 aromatic heterocycles. The molecule has 9 heteroatoms. The number of carboxylic acid groups (broad SMARTS) is 1. The SMILES string of the molecule is CCN(CC)CC.O=C(O)CC1CSc2cc(Br)cc3[nH]c(=O)c(=O)n1c23. The van der Waals surface area contributed by atoms with Crippen molar-refractivity contribution in [3.8, 4) is 0 Å². The van der Waals surface area contributed by atoms with E-state index in [4.69, 9.17) is 5.11 Å². The van der Waals surface area contributed by atoms with Gasteiger partial charge in [0.15, 0.2) is 0 Å². The Hall–Kier alpha value is -1.58. The number of rotatable bonds is 5. The highest BCUT2D eigenvalue weighted by Gasteiger charge is 2.26. The number of hydrogen-bond donors (Lipinski definition) is 2. The molecule has 1 aliphatic rings. The molecular formula is C18H24BrN3O4S. The number of aromatic amines is 1. The monoisotopic (exact) mass is 457 g/mol. The summed E-state index contributed by atoms with van der Waals surface area (Å²) in [5.41, 5.74) is -0.307. The van der Waals surface area contributed by atoms with E-state index in [-0.39, 0.29) is 6.42 Å². The van der Waals surface area contributed by atoms with Crippen LogP contribution < -0.4 is 11.1 Å². The van der Waals surface area contributed by atoms with Gasteiger partial charge in [-0.3, -0.25) is 19.0 Å². The third-order valence-electron chi connectivity index (χ3n) is 4.49. The maximum atomic E-state index is 12.1. The number of carboxylic acids is 1. The molecule has 0 saturated carbocycles. The van der Waals surface area contributed by atoms with Crippen molar-refractivity contribution in [3.63, 3.8) is 0 Å². The van der Waals surface area contributed by atoms with E-state index >= 15 is 0 Å². The Balaban J connectivity index is 0.000000321. The molecule has 0 bridgehead atoms. The lowest BCUT2D eigenvalue weighted by Crippen LogP contribution is -2.40. The number of aromatic nitrogens is 2. The zero-order valence-electron chi connectivity index (χ0n) is 15.6. The van der Waals surface area contributed by atoms with Crippen molar-refractivity contribution < 1.29 is 9.90 Å². The normalized spacial score (nSPS) is 15.5. The van der Waals surface area contributed by atoms with Gasteiger partial charge in [0.2, 0.25) is 0 Å². The standard InChI is InChI=1S/C12H9BrN2O4S.C6H15N/c13-5-1-7-10-8(2-5)20-4-6(3-9(16)17)15(10)12(19)11(18)14-7;1-4-7(5-2)6-3/h1-2,6H,3-4H2,(H,14,18)(H,16,17);4-6H2,1-3H3. The Morgan fingerprint density at radius 1 is 1.30 bits per heavy atom. The van der Waals surface area contributed by atoms with Crippen LogP contribution in [-0.4, -0.2) is 50.9 Å². The predicted octanol–water partition coefficient (Wildman–Crippen LogP) is 2.92. The molecule has 3 rings (SSSR count). The van der Waals surface area contributed by atoms with Gasteiger partial charge in [-0.25, -0.2) is 0 Å². The number of H-pyrrole nitrogens is 1. The number of halogens is 1. The molecule has 0 radical (unpaired) electrons. The molecule has 2 heterocycles. The minimum Gasteiger partial charge on any atom is -0.481 e. The summed E-state index contributed by atoms with van der Waals surface area (Å²) in [6.07, 6.45) is -0.180. The number of benzene rings is 1. The molecule has 0 saturated heterocycles. The highest BCUT2D eigenvalue weighted by Crippen LogP contribution is 2.37. The van der Waals surface area contributed by atoms with E-state index in [1.54, 1.807) is 6.07 Å². The van der Waals surface area contributed by atoms with E-state index < -0.39 is 23.1 Å². The molecule has 0 amide bonds. The highest BCUT2D eigenvalue weighted by molar-refractivity contribution is 9.10. The van der Waals surface area contributed by atoms with Crippen LogP contribution in [0.4, 0.5) is 0 Å². The molecular weight excluding hydrogens is 434 g/mol. The molecule has 1 atom stereocenters. The van der Waals surface area contributed by atoms with Crippen molar-refractivity contribution in [1.29, 1.82) is 0 Å². The second-order valence-electron chi connectivity index (χ2n) is 6.11. The Bertz CT molecular complexity index is 931. The Morgan fingerprint density at radius 3 is 2.44 bits per heavy atom. The average Bonchev–Trinajstić information content (AvgIpc) is 2.62. The summed E-state index contributed by atoms with van der Waals surface area (Å²) in [6.45, 7) is 10.1. The zero-order valence-corrected chi connectivity index (χ0v) is 18.0. The molecule has 0 fully saturated rings. The molecule has 1 unspecified atom stereocenters. The number of aliphatic carboxylic acids is 1. The van der Waals surface area contributed by atoms with E-state index in [0.29, 0.717) is 16.8 Å². The van der Waals surface area contributed by atoms with Crippen LogP contribution in [0.3, 0.4) is 0 Å². The number of carbonyl (C=O) groups is 1. The predicted molar refractivity (Wildman–Crippen MR) is 112 cm³/mol. The van der Waals surface area contributed by atoms with Crippen molar-refractivity contribution >= 4 is 44.7 Å². The first kappa shape index (κ1) is 21.7. The van der Waals surface area contributed by atoms with Crippen LogP contribution in [0.15, 0.2) is 31.1 Å². The number of nitrogens with one attached hydrogen (secondary N) is 1. The summed E-state index contributed by atoms with van der Waals surface area (Å²) in [6, 6.07) is 3.06. The van der Waals surface area contributed by atoms with Gasteiger partial charge < -0.3 is 15.0 Å². The quantitative estimate of drug-likeness (QED) is 0.670. The van der Waals surface area contributed by atoms with Crippen LogP contribution >= 0.6 is 27.7 Å². The maximum absolute atomic E-state index is 12.1. The zero-order chi connectivity index (χ0) is 20.1. The molecule has 2 aromatic rings. The van der Waals surface area contributed by atoms with Crippen molar-refractivity contribution in [2.24, 2.45) is 0 Å². The van der Waals surface area contributed by atoms with Gasteiger partial charge in [-0.15, -0.1) is 11.8 Å². The third-order valence-corrected chi connectivity index (χ3v) is 6.12. The molecule has 27 heavy (non-hydrogen) atoms. The van der Waals surface area contributed by atoms with Crippen molar-refractivity contribution in [2.45, 2.75) is 38.1 Å². The first-order valence-corrected chi connectivity index (χ1v) is 10.6. The molecule has 148 valence electrons. The van der Waals surface area contributed by atoms with Gasteiger partial charge in [-0.2, -0.15) is 0 Å². The summed E-state index contributed by atoms with van der Waals surface area (Å²) in [5.74, 6) is -0.537. The summed E-state index contributed by atoms with van der Waals surface area (Å²) in [7, 11) is 0. The summed E-state index contributed by atoms with van der Waals surface area (Å²) >= 11 is 4.84. The molecule has 0 spiro atoms. The van der Waals surface area contributed by atoms with Gasteiger partial charge in [0.1, 0.15) is 0 Å². The Labute approximate surface area is 169 Å². The van der Waals surface area contributed by atoms with E-state index in [1.807, 2.05) is 6.07 Å². The molecule has 0 aliphatic carbocycles. The van der Waals surface area contributed by atoms with Crippen LogP contribution in [0.2, 0.25) is 0 Å². The van der Waals surface area contributed by atoms with Crippen molar-refractivity contribution in [2.75, 3.05) is 25.4 Å². The largest absolute Gasteiger partial charge is 0.481 e. The average molecular weight is 458 g/mol. The van der Waals surface area contributed by atoms with E-state index in [9.17, 15) is 14.4 Å². The topological polar surface area (TPSA) is 95.4 Å². The second-order valence-corrected chi connectivity index (χ2v) is 8.09. The Morgan fingerprint density at radius 2 is 1.93 bits per heavy atom. The van der Waals surface area contributed by atoms with Gasteiger partial charge in [-0.1, -0.05) is 36.7 Å². The van der Waals surface area contributed by atoms with Crippen LogP contribution in [0.25, 0.3) is 11.0 Å². The van der Waals surface area contributed by atoms with Crippen LogP contribution in [0, 0.1) is 0 Å². The lowest BCUT2D eigenvalue weighted by Gasteiger charge is -2.26. The summed E-state index contributed by atoms with van der Waals surface area (Å²) in [5, 5.41) is 8.96. The minimum atomic E-state index is -0.989. The maximum Gasteiger partial charge on any atom is 0.317 e. The number of nitrogens with zero attached hydrogens (tertiary/aromatic N) is 2. The first-order valence-electron chi connectivity index (χ1n) is 8.87. The highest BCUT2D eigenvalue weighted by atomic mass is 79.9. The molecule has 2 N–H and O–H groups in total. The fourth-order valence-electron chi connectivity index (χ4n) is 3.05. The van der Waals surface area contributed by atoms with Crippen molar-refractivity contribution in [3.05, 3.63) is 37.3 Å². The lowest BCUT2D eigenvalue weighted by atomic mass is 10.2. The van der Waals surface area contributed by atoms with Crippen LogP contribution in [-0.2, 0) is 4.79 Å². The minimum absolute atomic E-state index is 0.180. The van der Waals surface area contributed by atoms with Crippen LogP contribution in [0.1, 0.15) is 33.2 Å².